The zero-order chi connectivity index (χ0) is 36.0. The lowest BCUT2D eigenvalue weighted by molar-refractivity contribution is -0.107. The van der Waals surface area contributed by atoms with Gasteiger partial charge in [0.1, 0.15) is 12.0 Å². The zero-order valence-corrected chi connectivity index (χ0v) is 31.7. The predicted octanol–water partition coefficient (Wildman–Crippen LogP) is 5.45. The van der Waals surface area contributed by atoms with Crippen molar-refractivity contribution < 1.29 is 24.5 Å². The van der Waals surface area contributed by atoms with Crippen molar-refractivity contribution in [2.75, 3.05) is 78.4 Å². The normalized spacial score (nSPS) is 17.8. The lowest BCUT2D eigenvalue weighted by Crippen LogP contribution is -2.43. The fraction of sp³-hybridized carbons (Fsp3) is 0.795. The van der Waals surface area contributed by atoms with E-state index in [9.17, 15) is 9.59 Å². The Kier molecular flexibility index (Phi) is 21.3. The van der Waals surface area contributed by atoms with Crippen molar-refractivity contribution in [2.45, 2.75) is 115 Å². The highest BCUT2D eigenvalue weighted by Gasteiger charge is 2.27. The summed E-state index contributed by atoms with van der Waals surface area (Å²) in [6.45, 7) is 9.38. The van der Waals surface area contributed by atoms with Crippen LogP contribution >= 0.6 is 11.6 Å². The Labute approximate surface area is 307 Å². The number of carbonyl (C=O) groups is 2. The number of piperidine rings is 2. The van der Waals surface area contributed by atoms with Crippen LogP contribution in [0.5, 0.6) is 5.75 Å². The molecule has 0 bridgehead atoms. The average molecular weight is 722 g/mol. The second-order valence-corrected chi connectivity index (χ2v) is 15.1. The lowest BCUT2D eigenvalue weighted by Gasteiger charge is -2.37. The Morgan fingerprint density at radius 2 is 1.62 bits per heavy atom. The second-order valence-electron chi connectivity index (χ2n) is 14.7. The van der Waals surface area contributed by atoms with E-state index in [-0.39, 0.29) is 12.5 Å². The summed E-state index contributed by atoms with van der Waals surface area (Å²) in [5.74, 6) is 1.83. The number of nitrogens with two attached hydrogens (primary N) is 1. The first-order valence-corrected chi connectivity index (χ1v) is 20.1. The summed E-state index contributed by atoms with van der Waals surface area (Å²) in [6.07, 6.45) is 19.9. The van der Waals surface area contributed by atoms with Crippen LogP contribution in [0.15, 0.2) is 6.07 Å². The molecule has 1 amide bonds. The molecule has 286 valence electrons. The Morgan fingerprint density at radius 3 is 2.28 bits per heavy atom. The van der Waals surface area contributed by atoms with Crippen LogP contribution in [0.1, 0.15) is 119 Å². The van der Waals surface area contributed by atoms with Gasteiger partial charge in [-0.1, -0.05) is 50.1 Å². The number of ether oxygens (including phenoxy) is 1. The molecule has 3 aliphatic heterocycles. The fourth-order valence-corrected chi connectivity index (χ4v) is 7.62. The minimum atomic E-state index is -0.517. The predicted molar refractivity (Wildman–Crippen MR) is 204 cm³/mol. The van der Waals surface area contributed by atoms with E-state index in [0.29, 0.717) is 53.9 Å². The second kappa shape index (κ2) is 25.1. The Bertz CT molecular complexity index is 1100. The molecule has 2 fully saturated rings. The number of aliphatic hydroxyl groups is 2. The van der Waals surface area contributed by atoms with Crippen LogP contribution in [0, 0.1) is 11.8 Å². The van der Waals surface area contributed by atoms with Gasteiger partial charge in [0.25, 0.3) is 5.91 Å². The lowest BCUT2D eigenvalue weighted by atomic mass is 9.92. The number of hydrogen-bond donors (Lipinski definition) is 5. The number of nitrogens with one attached hydrogen (secondary N) is 2. The average Bonchev–Trinajstić information content (AvgIpc) is 3.63. The number of nitrogen functional groups attached to an aromatic ring is 1. The number of nitrogens with zero attached hydrogens (tertiary/aromatic N) is 2. The first-order chi connectivity index (χ1) is 24.4. The topological polar surface area (TPSA) is 140 Å². The van der Waals surface area contributed by atoms with Gasteiger partial charge in [0.15, 0.2) is 0 Å². The molecule has 10 nitrogen and oxygen atoms in total. The largest absolute Gasteiger partial charge is 0.492 e. The van der Waals surface area contributed by atoms with Crippen molar-refractivity contribution in [3.05, 3.63) is 22.2 Å². The third-order valence-corrected chi connectivity index (χ3v) is 11.0. The highest BCUT2D eigenvalue weighted by molar-refractivity contribution is 6.33. The van der Waals surface area contributed by atoms with Gasteiger partial charge in [0.05, 0.1) is 35.6 Å². The minimum Gasteiger partial charge on any atom is -0.492 e. The van der Waals surface area contributed by atoms with Crippen LogP contribution in [-0.4, -0.2) is 111 Å². The molecule has 0 spiro atoms. The number of unbranched alkanes of at least 4 members (excludes halogenated alkanes) is 9. The molecule has 0 aliphatic carbocycles. The molecule has 11 heteroatoms. The number of fused-ring (bicyclic) bond motifs is 1. The molecular weight excluding hydrogens is 654 g/mol. The SMILES string of the molecule is CNCCCCC(O)CO.Nc1c(Cl)cc(C(=O)NCC2CCN(CC3CCN(CCCCCCCCCCC=O)CC3)CC2)c2c1CCO2. The number of halogens is 1. The molecular formula is C39H68ClN5O5. The summed E-state index contributed by atoms with van der Waals surface area (Å²) in [4.78, 5) is 28.6. The molecule has 3 aliphatic rings. The van der Waals surface area contributed by atoms with Gasteiger partial charge in [-0.05, 0) is 122 Å². The monoisotopic (exact) mass is 721 g/mol. The maximum Gasteiger partial charge on any atom is 0.255 e. The van der Waals surface area contributed by atoms with Crippen LogP contribution in [-0.2, 0) is 11.2 Å². The van der Waals surface area contributed by atoms with Gasteiger partial charge in [-0.15, -0.1) is 0 Å². The van der Waals surface area contributed by atoms with Crippen LogP contribution in [0.4, 0.5) is 5.69 Å². The molecule has 1 aromatic rings. The summed E-state index contributed by atoms with van der Waals surface area (Å²) < 4.78 is 5.70. The Hall–Kier alpha value is -1.95. The Balaban J connectivity index is 0.000000588. The highest BCUT2D eigenvalue weighted by atomic mass is 35.5. The minimum absolute atomic E-state index is 0.112. The van der Waals surface area contributed by atoms with Crippen LogP contribution in [0.3, 0.4) is 0 Å². The van der Waals surface area contributed by atoms with E-state index in [1.54, 1.807) is 6.07 Å². The van der Waals surface area contributed by atoms with Crippen LogP contribution < -0.4 is 21.1 Å². The van der Waals surface area contributed by atoms with Crippen molar-refractivity contribution in [2.24, 2.45) is 11.8 Å². The molecule has 50 heavy (non-hydrogen) atoms. The molecule has 3 heterocycles. The molecule has 1 unspecified atom stereocenters. The van der Waals surface area contributed by atoms with E-state index in [0.717, 1.165) is 75.9 Å². The first kappa shape index (κ1) is 42.5. The molecule has 1 atom stereocenters. The maximum atomic E-state index is 12.9. The molecule has 0 radical (unpaired) electrons. The van der Waals surface area contributed by atoms with Crippen molar-refractivity contribution in [1.82, 2.24) is 20.4 Å². The number of aliphatic hydroxyl groups excluding tert-OH is 2. The standard InChI is InChI=1S/C32H51ClN4O3.C7H17NO2/c33-29-22-28(31-27(30(29)34)14-21-40-31)32(39)35-23-25-10-18-37(19-11-25)24-26-12-16-36(17-13-26)15-8-6-4-2-1-3-5-7-9-20-38;1-8-5-3-2-4-7(10)6-9/h20,22,25-26H,1-19,21,23-24,34H2,(H,35,39);7-10H,2-6H2,1H3. The first-order valence-electron chi connectivity index (χ1n) is 19.7. The van der Waals surface area contributed by atoms with E-state index >= 15 is 0 Å². The number of rotatable bonds is 22. The van der Waals surface area contributed by atoms with Gasteiger partial charge in [-0.3, -0.25) is 4.79 Å². The van der Waals surface area contributed by atoms with Crippen LogP contribution in [0.2, 0.25) is 5.02 Å². The number of amides is 1. The fourth-order valence-electron chi connectivity index (χ4n) is 7.40. The highest BCUT2D eigenvalue weighted by Crippen LogP contribution is 2.38. The van der Waals surface area contributed by atoms with E-state index in [2.05, 4.69) is 20.4 Å². The van der Waals surface area contributed by atoms with Gasteiger partial charge in [-0.25, -0.2) is 0 Å². The van der Waals surface area contributed by atoms with Gasteiger partial charge in [0, 0.05) is 31.5 Å². The summed E-state index contributed by atoms with van der Waals surface area (Å²) in [5, 5.41) is 23.9. The molecule has 4 rings (SSSR count). The molecule has 2 saturated heterocycles. The number of aldehydes is 1. The summed E-state index contributed by atoms with van der Waals surface area (Å²) in [7, 11) is 1.91. The van der Waals surface area contributed by atoms with Crippen molar-refractivity contribution in [3.8, 4) is 5.75 Å². The zero-order valence-electron chi connectivity index (χ0n) is 30.9. The van der Waals surface area contributed by atoms with E-state index < -0.39 is 6.10 Å². The molecule has 0 aromatic heterocycles. The van der Waals surface area contributed by atoms with Gasteiger partial charge in [0.2, 0.25) is 0 Å². The third-order valence-electron chi connectivity index (χ3n) is 10.7. The number of hydrogen-bond acceptors (Lipinski definition) is 9. The van der Waals surface area contributed by atoms with E-state index in [1.807, 2.05) is 7.05 Å². The van der Waals surface area contributed by atoms with Crippen molar-refractivity contribution in [1.29, 1.82) is 0 Å². The van der Waals surface area contributed by atoms with E-state index in [1.165, 1.54) is 84.0 Å². The molecule has 6 N–H and O–H groups in total. The summed E-state index contributed by atoms with van der Waals surface area (Å²) in [5.41, 5.74) is 7.98. The van der Waals surface area contributed by atoms with E-state index in [4.69, 9.17) is 32.3 Å². The quantitative estimate of drug-likeness (QED) is 0.0601. The smallest absolute Gasteiger partial charge is 0.255 e. The van der Waals surface area contributed by atoms with Gasteiger partial charge >= 0.3 is 0 Å². The summed E-state index contributed by atoms with van der Waals surface area (Å²) >= 11 is 6.28. The number of anilines is 1. The molecule has 1 aromatic carbocycles. The number of carbonyl (C=O) groups excluding carboxylic acids is 2. The summed E-state index contributed by atoms with van der Waals surface area (Å²) in [6, 6.07) is 1.65. The van der Waals surface area contributed by atoms with Crippen molar-refractivity contribution >= 4 is 29.5 Å². The third kappa shape index (κ3) is 15.7. The number of likely N-dealkylation sites (tertiary alicyclic amines) is 2. The molecule has 0 saturated carbocycles. The number of benzene rings is 1. The Morgan fingerprint density at radius 1 is 0.980 bits per heavy atom. The maximum absolute atomic E-state index is 12.9. The van der Waals surface area contributed by atoms with Crippen LogP contribution in [0.25, 0.3) is 0 Å². The van der Waals surface area contributed by atoms with Crippen molar-refractivity contribution in [3.63, 3.8) is 0 Å². The van der Waals surface area contributed by atoms with Gasteiger partial charge < -0.3 is 45.9 Å². The van der Waals surface area contributed by atoms with Gasteiger partial charge in [-0.2, -0.15) is 0 Å².